The lowest BCUT2D eigenvalue weighted by atomic mass is 9.83. The highest BCUT2D eigenvalue weighted by Gasteiger charge is 2.43. The Labute approximate surface area is 308 Å². The highest BCUT2D eigenvalue weighted by molar-refractivity contribution is 7.89. The summed E-state index contributed by atoms with van der Waals surface area (Å²) in [4.78, 5) is 34.2. The van der Waals surface area contributed by atoms with Crippen LogP contribution >= 0.6 is 0 Å². The Bertz CT molecular complexity index is 1750. The number of aliphatic hydroxyl groups excluding tert-OH is 1. The number of urea groups is 1. The highest BCUT2D eigenvalue weighted by Crippen LogP contribution is 2.28. The molecule has 0 saturated carbocycles. The zero-order valence-corrected chi connectivity index (χ0v) is 31.8. The monoisotopic (exact) mass is 734 g/mol. The first-order chi connectivity index (χ1) is 24.7. The van der Waals surface area contributed by atoms with E-state index in [1.807, 2.05) is 76.2 Å². The van der Waals surface area contributed by atoms with Gasteiger partial charge in [0.05, 0.1) is 47.5 Å². The lowest BCUT2D eigenvalue weighted by Gasteiger charge is -2.35. The number of oxime groups is 1. The molecule has 0 bridgehead atoms. The van der Waals surface area contributed by atoms with Crippen molar-refractivity contribution in [3.63, 3.8) is 0 Å². The quantitative estimate of drug-likeness (QED) is 0.0811. The number of sulfonamides is 1. The number of pyridine rings is 1. The molecular weight excluding hydrogens is 681 g/mol. The van der Waals surface area contributed by atoms with Crippen LogP contribution in [-0.2, 0) is 27.8 Å². The van der Waals surface area contributed by atoms with Gasteiger partial charge in [-0.15, -0.1) is 0 Å². The van der Waals surface area contributed by atoms with Gasteiger partial charge in [0.15, 0.2) is 0 Å². The van der Waals surface area contributed by atoms with E-state index >= 15 is 0 Å². The maximum absolute atomic E-state index is 14.5. The third-order valence-electron chi connectivity index (χ3n) is 9.62. The van der Waals surface area contributed by atoms with E-state index in [1.54, 1.807) is 4.90 Å². The number of rotatable bonds is 18. The number of carbonyl (C=O) groups is 2. The molecule has 12 nitrogen and oxygen atoms in total. The van der Waals surface area contributed by atoms with Gasteiger partial charge in [-0.1, -0.05) is 102 Å². The van der Waals surface area contributed by atoms with E-state index in [2.05, 4.69) is 29.6 Å². The van der Waals surface area contributed by atoms with E-state index in [4.69, 9.17) is 10.2 Å². The minimum atomic E-state index is -4.06. The van der Waals surface area contributed by atoms with Crippen LogP contribution in [0.5, 0.6) is 0 Å². The van der Waals surface area contributed by atoms with Gasteiger partial charge in [0.2, 0.25) is 15.9 Å². The van der Waals surface area contributed by atoms with E-state index in [0.29, 0.717) is 12.0 Å². The minimum absolute atomic E-state index is 0.0304. The van der Waals surface area contributed by atoms with E-state index < -0.39 is 34.1 Å². The number of nitrogens with one attached hydrogen (secondary N) is 2. The molecule has 5 atom stereocenters. The Morgan fingerprint density at radius 2 is 1.73 bits per heavy atom. The molecule has 1 fully saturated rings. The molecule has 1 unspecified atom stereocenters. The lowest BCUT2D eigenvalue weighted by Crippen LogP contribution is -2.55. The second kappa shape index (κ2) is 18.4. The average Bonchev–Trinajstić information content (AvgIpc) is 3.46. The molecule has 2 aromatic carbocycles. The van der Waals surface area contributed by atoms with Crippen LogP contribution in [0.1, 0.15) is 76.4 Å². The third-order valence-corrected chi connectivity index (χ3v) is 11.5. The second-order valence-electron chi connectivity index (χ2n) is 14.4. The number of amides is 3. The Hall–Kier alpha value is -4.33. The first kappa shape index (κ1) is 40.4. The minimum Gasteiger partial charge on any atom is -0.411 e. The van der Waals surface area contributed by atoms with Crippen LogP contribution in [0.15, 0.2) is 82.8 Å². The molecule has 3 amide bonds. The van der Waals surface area contributed by atoms with Crippen molar-refractivity contribution in [1.29, 1.82) is 0 Å². The summed E-state index contributed by atoms with van der Waals surface area (Å²) in [6, 6.07) is 19.5. The van der Waals surface area contributed by atoms with Crippen molar-refractivity contribution < 1.29 is 28.3 Å². The van der Waals surface area contributed by atoms with Crippen molar-refractivity contribution in [2.45, 2.75) is 89.9 Å². The molecule has 0 aliphatic carbocycles. The van der Waals surface area contributed by atoms with Gasteiger partial charge in [-0.3, -0.25) is 9.78 Å². The highest BCUT2D eigenvalue weighted by atomic mass is 32.2. The number of aromatic nitrogens is 1. The van der Waals surface area contributed by atoms with Gasteiger partial charge in [0.25, 0.3) is 0 Å². The van der Waals surface area contributed by atoms with Crippen molar-refractivity contribution in [3.05, 3.63) is 95.3 Å². The second-order valence-corrected chi connectivity index (χ2v) is 16.3. The molecule has 1 saturated heterocycles. The fourth-order valence-electron chi connectivity index (χ4n) is 6.60. The van der Waals surface area contributed by atoms with Crippen molar-refractivity contribution in [1.82, 2.24) is 24.8 Å². The van der Waals surface area contributed by atoms with Crippen LogP contribution in [0, 0.1) is 17.8 Å². The van der Waals surface area contributed by atoms with Gasteiger partial charge in [0.1, 0.15) is 0 Å². The predicted octanol–water partition coefficient (Wildman–Crippen LogP) is 5.00. The molecule has 2 heterocycles. The largest absolute Gasteiger partial charge is 0.411 e. The normalized spacial score (nSPS) is 17.5. The summed E-state index contributed by atoms with van der Waals surface area (Å²) >= 11 is 0. The molecule has 3 aromatic rings. The number of hydrogen-bond donors (Lipinski definition) is 4. The maximum atomic E-state index is 14.5. The van der Waals surface area contributed by atoms with Crippen LogP contribution in [0.3, 0.4) is 0 Å². The van der Waals surface area contributed by atoms with Crippen molar-refractivity contribution in [3.8, 4) is 0 Å². The van der Waals surface area contributed by atoms with Gasteiger partial charge >= 0.3 is 6.03 Å². The molecule has 1 aromatic heterocycles. The van der Waals surface area contributed by atoms with Crippen LogP contribution in [0.2, 0.25) is 0 Å². The summed E-state index contributed by atoms with van der Waals surface area (Å²) in [6.07, 6.45) is 0.849. The number of benzene rings is 2. The molecule has 1 aliphatic rings. The van der Waals surface area contributed by atoms with Gasteiger partial charge < -0.3 is 25.8 Å². The summed E-state index contributed by atoms with van der Waals surface area (Å²) in [7, 11) is -4.06. The molecule has 0 radical (unpaired) electrons. The first-order valence-corrected chi connectivity index (χ1v) is 19.5. The smallest absolute Gasteiger partial charge is 0.318 e. The summed E-state index contributed by atoms with van der Waals surface area (Å²) in [6.45, 7) is 12.3. The number of nitrogens with zero attached hydrogens (tertiary/aromatic N) is 4. The van der Waals surface area contributed by atoms with Crippen LogP contribution < -0.4 is 10.6 Å². The fourth-order valence-corrected chi connectivity index (χ4v) is 8.22. The first-order valence-electron chi connectivity index (χ1n) is 18.0. The standard InChI is InChI=1S/C39H54N6O6S/c1-7-28(6)37(35-22-40-39(48)45(35)24-31-14-11-15-33(42-31)27(4)5)38(47)43-34(20-29-12-9-8-10-13-29)36(46)25-44(23-26(2)3)52(50,51)32-18-16-30(17-19-32)21-41-49/h8-19,21,26-28,34-37,46,49H,7,20,22-25H2,1-6H3,(H,40,48)(H,43,47)/t28-,34-,35?,36+,37-/m0/s1. The molecular formula is C39H54N6O6S. The molecule has 52 heavy (non-hydrogen) atoms. The van der Waals surface area contributed by atoms with E-state index in [9.17, 15) is 23.1 Å². The summed E-state index contributed by atoms with van der Waals surface area (Å²) in [5.74, 6) is -0.910. The van der Waals surface area contributed by atoms with Gasteiger partial charge in [-0.2, -0.15) is 4.31 Å². The fraction of sp³-hybridized carbons (Fsp3) is 0.487. The van der Waals surface area contributed by atoms with Crippen LogP contribution in [0.4, 0.5) is 4.79 Å². The Morgan fingerprint density at radius 3 is 2.35 bits per heavy atom. The topological polar surface area (TPSA) is 165 Å². The summed E-state index contributed by atoms with van der Waals surface area (Å²) < 4.78 is 29.2. The van der Waals surface area contributed by atoms with Crippen molar-refractivity contribution in [2.75, 3.05) is 19.6 Å². The van der Waals surface area contributed by atoms with E-state index in [-0.39, 0.29) is 67.2 Å². The molecule has 13 heteroatoms. The van der Waals surface area contributed by atoms with Gasteiger partial charge in [-0.25, -0.2) is 13.2 Å². The Morgan fingerprint density at radius 1 is 1.04 bits per heavy atom. The summed E-state index contributed by atoms with van der Waals surface area (Å²) in [5.41, 5.74) is 3.04. The number of aliphatic hydroxyl groups is 1. The SMILES string of the molecule is CC[C@H](C)[C@H](C(=O)N[C@@H](Cc1ccccc1)[C@H](O)CN(CC(C)C)S(=O)(=O)c1ccc(C=NO)cc1)C1CNC(=O)N1Cc1cccc(C(C)C)n1. The maximum Gasteiger partial charge on any atom is 0.318 e. The zero-order valence-electron chi connectivity index (χ0n) is 31.0. The molecule has 4 N–H and O–H groups in total. The number of carbonyl (C=O) groups excluding carboxylic acids is 2. The predicted molar refractivity (Wildman–Crippen MR) is 202 cm³/mol. The average molecular weight is 735 g/mol. The van der Waals surface area contributed by atoms with E-state index in [0.717, 1.165) is 17.0 Å². The molecule has 4 rings (SSSR count). The molecule has 282 valence electrons. The van der Waals surface area contributed by atoms with Crippen LogP contribution in [0.25, 0.3) is 0 Å². The van der Waals surface area contributed by atoms with E-state index in [1.165, 1.54) is 34.8 Å². The van der Waals surface area contributed by atoms with Gasteiger partial charge in [-0.05, 0) is 59.6 Å². The third kappa shape index (κ3) is 10.4. The van der Waals surface area contributed by atoms with Crippen molar-refractivity contribution in [2.24, 2.45) is 22.9 Å². The lowest BCUT2D eigenvalue weighted by molar-refractivity contribution is -0.130. The summed E-state index contributed by atoms with van der Waals surface area (Å²) in [5, 5.41) is 29.8. The molecule has 1 aliphatic heterocycles. The molecule has 0 spiro atoms. The number of hydrogen-bond acceptors (Lipinski definition) is 8. The zero-order chi connectivity index (χ0) is 38.0. The van der Waals surface area contributed by atoms with Gasteiger partial charge in [0, 0.05) is 25.3 Å². The Kier molecular flexibility index (Phi) is 14.3. The Balaban J connectivity index is 1.64. The van der Waals surface area contributed by atoms with Crippen molar-refractivity contribution >= 4 is 28.2 Å². The van der Waals surface area contributed by atoms with Crippen LogP contribution in [-0.4, -0.2) is 88.9 Å².